The Hall–Kier alpha value is -3.07. The van der Waals surface area contributed by atoms with Crippen LogP contribution < -0.4 is 4.74 Å². The van der Waals surface area contributed by atoms with Crippen molar-refractivity contribution >= 4 is 11.0 Å². The van der Waals surface area contributed by atoms with E-state index in [1.54, 1.807) is 0 Å². The summed E-state index contributed by atoms with van der Waals surface area (Å²) in [7, 11) is 0. The van der Waals surface area contributed by atoms with Crippen molar-refractivity contribution < 1.29 is 4.74 Å². The number of ether oxygens (including phenoxy) is 1. The quantitative estimate of drug-likeness (QED) is 0.359. The van der Waals surface area contributed by atoms with Crippen molar-refractivity contribution in [3.63, 3.8) is 0 Å². The molecule has 0 saturated carbocycles. The molecule has 0 spiro atoms. The number of aryl methyl sites for hydroxylation is 5. The number of hydrogen-bond donors (Lipinski definition) is 0. The SMILES string of the molecule is Cc1ccc(-c2nc3ccccc3n2CCCOc2ccc(C)c(C)c2)c(C)c1. The third-order valence-corrected chi connectivity index (χ3v) is 5.55. The fraction of sp³-hybridized carbons (Fsp3) is 0.269. The first kappa shape index (κ1) is 19.3. The summed E-state index contributed by atoms with van der Waals surface area (Å²) in [6.45, 7) is 10.1. The van der Waals surface area contributed by atoms with Crippen molar-refractivity contribution in [1.29, 1.82) is 0 Å². The first-order valence-electron chi connectivity index (χ1n) is 10.3. The van der Waals surface area contributed by atoms with Crippen molar-refractivity contribution in [3.8, 4) is 17.1 Å². The van der Waals surface area contributed by atoms with Crippen LogP contribution in [0.4, 0.5) is 0 Å². The van der Waals surface area contributed by atoms with E-state index in [-0.39, 0.29) is 0 Å². The zero-order valence-electron chi connectivity index (χ0n) is 17.7. The highest BCUT2D eigenvalue weighted by Gasteiger charge is 2.14. The number of nitrogens with zero attached hydrogens (tertiary/aromatic N) is 2. The van der Waals surface area contributed by atoms with Gasteiger partial charge in [-0.15, -0.1) is 0 Å². The molecule has 0 aliphatic rings. The van der Waals surface area contributed by atoms with Gasteiger partial charge in [0.05, 0.1) is 17.6 Å². The maximum Gasteiger partial charge on any atom is 0.141 e. The molecule has 0 aliphatic heterocycles. The van der Waals surface area contributed by atoms with Gasteiger partial charge in [-0.05, 0) is 75.1 Å². The predicted molar refractivity (Wildman–Crippen MR) is 121 cm³/mol. The lowest BCUT2D eigenvalue weighted by atomic mass is 10.1. The van der Waals surface area contributed by atoms with Gasteiger partial charge in [0.1, 0.15) is 11.6 Å². The molecule has 0 fully saturated rings. The fourth-order valence-electron chi connectivity index (χ4n) is 3.79. The Balaban J connectivity index is 1.56. The van der Waals surface area contributed by atoms with Crippen LogP contribution in [0.3, 0.4) is 0 Å². The van der Waals surface area contributed by atoms with Crippen molar-refractivity contribution in [2.24, 2.45) is 0 Å². The smallest absolute Gasteiger partial charge is 0.141 e. The Morgan fingerprint density at radius 1 is 0.828 bits per heavy atom. The Labute approximate surface area is 173 Å². The number of para-hydroxylation sites is 2. The van der Waals surface area contributed by atoms with E-state index >= 15 is 0 Å². The van der Waals surface area contributed by atoms with Crippen molar-refractivity contribution in [2.45, 2.75) is 40.7 Å². The lowest BCUT2D eigenvalue weighted by Gasteiger charge is -2.13. The second-order valence-corrected chi connectivity index (χ2v) is 7.84. The maximum atomic E-state index is 6.00. The minimum Gasteiger partial charge on any atom is -0.494 e. The summed E-state index contributed by atoms with van der Waals surface area (Å²) in [5.41, 5.74) is 8.50. The molecule has 148 valence electrons. The summed E-state index contributed by atoms with van der Waals surface area (Å²) in [4.78, 5) is 4.95. The van der Waals surface area contributed by atoms with Crippen molar-refractivity contribution in [1.82, 2.24) is 9.55 Å². The topological polar surface area (TPSA) is 27.1 Å². The van der Waals surface area contributed by atoms with Gasteiger partial charge in [-0.25, -0.2) is 4.98 Å². The molecule has 0 amide bonds. The fourth-order valence-corrected chi connectivity index (χ4v) is 3.79. The van der Waals surface area contributed by atoms with E-state index in [4.69, 9.17) is 9.72 Å². The van der Waals surface area contributed by atoms with E-state index in [1.807, 2.05) is 6.07 Å². The molecule has 0 bridgehead atoms. The van der Waals surface area contributed by atoms with Crippen LogP contribution in [0.1, 0.15) is 28.7 Å². The summed E-state index contributed by atoms with van der Waals surface area (Å²) in [5.74, 6) is 1.98. The molecule has 0 saturated heterocycles. The number of imidazole rings is 1. The van der Waals surface area contributed by atoms with Crippen LogP contribution in [-0.2, 0) is 6.54 Å². The highest BCUT2D eigenvalue weighted by Crippen LogP contribution is 2.28. The molecule has 29 heavy (non-hydrogen) atoms. The molecule has 1 aromatic heterocycles. The van der Waals surface area contributed by atoms with Crippen LogP contribution in [0, 0.1) is 27.7 Å². The second-order valence-electron chi connectivity index (χ2n) is 7.84. The van der Waals surface area contributed by atoms with E-state index in [2.05, 4.69) is 86.9 Å². The highest BCUT2D eigenvalue weighted by atomic mass is 16.5. The molecule has 3 heteroatoms. The second kappa shape index (κ2) is 8.12. The van der Waals surface area contributed by atoms with Gasteiger partial charge in [0.15, 0.2) is 0 Å². The van der Waals surface area contributed by atoms with Crippen LogP contribution >= 0.6 is 0 Å². The lowest BCUT2D eigenvalue weighted by molar-refractivity contribution is 0.302. The third kappa shape index (κ3) is 4.04. The summed E-state index contributed by atoms with van der Waals surface area (Å²) >= 11 is 0. The van der Waals surface area contributed by atoms with E-state index in [0.717, 1.165) is 30.1 Å². The summed E-state index contributed by atoms with van der Waals surface area (Å²) in [6, 6.07) is 21.2. The van der Waals surface area contributed by atoms with E-state index in [9.17, 15) is 0 Å². The van der Waals surface area contributed by atoms with Crippen molar-refractivity contribution in [3.05, 3.63) is 82.9 Å². The number of fused-ring (bicyclic) bond motifs is 1. The van der Waals surface area contributed by atoms with Gasteiger partial charge in [-0.3, -0.25) is 0 Å². The van der Waals surface area contributed by atoms with E-state index in [1.165, 1.54) is 33.3 Å². The van der Waals surface area contributed by atoms with E-state index < -0.39 is 0 Å². The number of hydrogen-bond acceptors (Lipinski definition) is 2. The monoisotopic (exact) mass is 384 g/mol. The van der Waals surface area contributed by atoms with Crippen LogP contribution in [0.5, 0.6) is 5.75 Å². The Kier molecular flexibility index (Phi) is 5.39. The minimum absolute atomic E-state index is 0.682. The van der Waals surface area contributed by atoms with Crippen LogP contribution in [0.25, 0.3) is 22.4 Å². The molecule has 0 atom stereocenters. The molecule has 3 nitrogen and oxygen atoms in total. The molecule has 0 aliphatic carbocycles. The minimum atomic E-state index is 0.682. The summed E-state index contributed by atoms with van der Waals surface area (Å²) in [5, 5.41) is 0. The summed E-state index contributed by atoms with van der Waals surface area (Å²) in [6.07, 6.45) is 0.922. The average Bonchev–Trinajstić information content (AvgIpc) is 3.06. The number of benzene rings is 3. The standard InChI is InChI=1S/C26H28N2O/c1-18-10-13-23(21(4)16-18)26-27-24-8-5-6-9-25(24)28(26)14-7-15-29-22-12-11-19(2)20(3)17-22/h5-6,8-13,16-17H,7,14-15H2,1-4H3. The zero-order chi connectivity index (χ0) is 20.4. The summed E-state index contributed by atoms with van der Waals surface area (Å²) < 4.78 is 8.33. The molecular formula is C26H28N2O. The average molecular weight is 385 g/mol. The molecule has 0 N–H and O–H groups in total. The number of rotatable bonds is 6. The van der Waals surface area contributed by atoms with Crippen LogP contribution in [-0.4, -0.2) is 16.2 Å². The van der Waals surface area contributed by atoms with Gasteiger partial charge in [0.2, 0.25) is 0 Å². The molecular weight excluding hydrogens is 356 g/mol. The van der Waals surface area contributed by atoms with Crippen molar-refractivity contribution in [2.75, 3.05) is 6.61 Å². The van der Waals surface area contributed by atoms with Gasteiger partial charge in [-0.1, -0.05) is 42.0 Å². The molecule has 0 unspecified atom stereocenters. The Bertz CT molecular complexity index is 1160. The maximum absolute atomic E-state index is 6.00. The first-order chi connectivity index (χ1) is 14.0. The van der Waals surface area contributed by atoms with Gasteiger partial charge in [0, 0.05) is 12.1 Å². The molecule has 3 aromatic carbocycles. The predicted octanol–water partition coefficient (Wildman–Crippen LogP) is 6.41. The normalized spacial score (nSPS) is 11.2. The molecule has 4 aromatic rings. The molecule has 1 heterocycles. The van der Waals surface area contributed by atoms with Crippen LogP contribution in [0.15, 0.2) is 60.7 Å². The van der Waals surface area contributed by atoms with Gasteiger partial charge >= 0.3 is 0 Å². The van der Waals surface area contributed by atoms with Gasteiger partial charge < -0.3 is 9.30 Å². The molecule has 4 rings (SSSR count). The Morgan fingerprint density at radius 2 is 1.66 bits per heavy atom. The Morgan fingerprint density at radius 3 is 2.45 bits per heavy atom. The number of aromatic nitrogens is 2. The highest BCUT2D eigenvalue weighted by molar-refractivity contribution is 5.81. The third-order valence-electron chi connectivity index (χ3n) is 5.55. The van der Waals surface area contributed by atoms with Crippen LogP contribution in [0.2, 0.25) is 0 Å². The largest absolute Gasteiger partial charge is 0.494 e. The van der Waals surface area contributed by atoms with Gasteiger partial charge in [-0.2, -0.15) is 0 Å². The molecule has 0 radical (unpaired) electrons. The van der Waals surface area contributed by atoms with E-state index in [0.29, 0.717) is 6.61 Å². The lowest BCUT2D eigenvalue weighted by Crippen LogP contribution is -2.06. The van der Waals surface area contributed by atoms with Gasteiger partial charge in [0.25, 0.3) is 0 Å². The first-order valence-corrected chi connectivity index (χ1v) is 10.3. The zero-order valence-corrected chi connectivity index (χ0v) is 17.7.